The summed E-state index contributed by atoms with van der Waals surface area (Å²) in [5.41, 5.74) is 7.82. The highest BCUT2D eigenvalue weighted by Gasteiger charge is 2.43. The van der Waals surface area contributed by atoms with E-state index in [9.17, 15) is 4.79 Å². The first-order valence-corrected chi connectivity index (χ1v) is 11.8. The Bertz CT molecular complexity index is 1030. The second-order valence-electron chi connectivity index (χ2n) is 7.67. The Morgan fingerprint density at radius 3 is 2.52 bits per heavy atom. The van der Waals surface area contributed by atoms with E-state index in [2.05, 4.69) is 16.2 Å². The Balaban J connectivity index is 1.48. The normalized spacial score (nSPS) is 21.9. The van der Waals surface area contributed by atoms with Crippen LogP contribution in [0.5, 0.6) is 11.5 Å². The van der Waals surface area contributed by atoms with Gasteiger partial charge >= 0.3 is 0 Å². The van der Waals surface area contributed by atoms with Crippen LogP contribution in [0.15, 0.2) is 53.5 Å². The van der Waals surface area contributed by atoms with Crippen LogP contribution in [0.2, 0.25) is 0 Å². The Labute approximate surface area is 197 Å². The van der Waals surface area contributed by atoms with Gasteiger partial charge in [0.05, 0.1) is 25.4 Å². The number of benzene rings is 2. The largest absolute Gasteiger partial charge is 0.497 e. The lowest BCUT2D eigenvalue weighted by Gasteiger charge is -2.35. The van der Waals surface area contributed by atoms with Gasteiger partial charge < -0.3 is 14.8 Å². The Morgan fingerprint density at radius 1 is 1.15 bits per heavy atom. The molecule has 2 heterocycles. The maximum atomic E-state index is 12.6. The average Bonchev–Trinajstić information content (AvgIpc) is 3.20. The molecular weight excluding hydrogens is 440 g/mol. The molecule has 10 heteroatoms. The van der Waals surface area contributed by atoms with Crippen LogP contribution in [0.4, 0.5) is 11.4 Å². The van der Waals surface area contributed by atoms with E-state index in [1.807, 2.05) is 62.4 Å². The highest BCUT2D eigenvalue weighted by Crippen LogP contribution is 2.32. The van der Waals surface area contributed by atoms with Crippen molar-refractivity contribution in [2.45, 2.75) is 26.1 Å². The summed E-state index contributed by atoms with van der Waals surface area (Å²) in [6, 6.07) is 14.8. The first kappa shape index (κ1) is 23.1. The van der Waals surface area contributed by atoms with Gasteiger partial charge in [0.1, 0.15) is 23.5 Å². The van der Waals surface area contributed by atoms with E-state index in [0.717, 1.165) is 17.2 Å². The molecule has 174 valence electrons. The van der Waals surface area contributed by atoms with E-state index in [-0.39, 0.29) is 29.8 Å². The van der Waals surface area contributed by atoms with E-state index in [0.29, 0.717) is 23.3 Å². The molecule has 3 atom stereocenters. The van der Waals surface area contributed by atoms with Gasteiger partial charge in [0.2, 0.25) is 5.91 Å². The van der Waals surface area contributed by atoms with Gasteiger partial charge in [0.15, 0.2) is 5.17 Å². The lowest BCUT2D eigenvalue weighted by molar-refractivity contribution is -0.113. The number of thioether (sulfide) groups is 1. The molecular formula is C23H28N6O3S. The number of amides is 1. The lowest BCUT2D eigenvalue weighted by Crippen LogP contribution is -2.50. The molecule has 4 N–H and O–H groups in total. The van der Waals surface area contributed by atoms with Crippen LogP contribution in [-0.4, -0.2) is 48.6 Å². The number of fused-ring (bicyclic) bond motifs is 1. The Morgan fingerprint density at radius 2 is 1.85 bits per heavy atom. The number of nitrogens with zero attached hydrogens (tertiary/aromatic N) is 2. The van der Waals surface area contributed by atoms with Crippen LogP contribution >= 0.6 is 11.8 Å². The van der Waals surface area contributed by atoms with Gasteiger partial charge in [-0.1, -0.05) is 11.8 Å². The topological polar surface area (TPSA) is 111 Å². The maximum Gasteiger partial charge on any atom is 0.234 e. The fourth-order valence-electron chi connectivity index (χ4n) is 3.81. The zero-order valence-corrected chi connectivity index (χ0v) is 19.6. The number of amidine groups is 2. The van der Waals surface area contributed by atoms with Gasteiger partial charge in [-0.3, -0.25) is 20.5 Å². The van der Waals surface area contributed by atoms with Crippen molar-refractivity contribution in [3.05, 3.63) is 48.5 Å². The molecule has 0 aromatic heterocycles. The van der Waals surface area contributed by atoms with Crippen LogP contribution < -0.4 is 30.5 Å². The molecule has 4 rings (SSSR count). The fraction of sp³-hybridized carbons (Fsp3) is 0.348. The van der Waals surface area contributed by atoms with Gasteiger partial charge in [0, 0.05) is 17.4 Å². The van der Waals surface area contributed by atoms with Crippen LogP contribution in [0.1, 0.15) is 13.8 Å². The first-order chi connectivity index (χ1) is 16.0. The zero-order valence-electron chi connectivity index (χ0n) is 18.8. The minimum Gasteiger partial charge on any atom is -0.497 e. The number of carbonyl (C=O) groups is 1. The standard InChI is InChI=1S/C23H28N6O3S/c1-4-32-18-9-5-15(6-10-18)25-19(30)13-33-23-26-22-20(14(2)27-28-22)21(24)29(23)16-7-11-17(31-3)12-8-16/h5-12,14,20,22,24,27-28H,4,13H2,1-3H3,(H,25,30). The van der Waals surface area contributed by atoms with Crippen molar-refractivity contribution in [3.63, 3.8) is 0 Å². The number of carbonyl (C=O) groups excluding carboxylic acids is 1. The van der Waals surface area contributed by atoms with E-state index in [1.54, 1.807) is 12.0 Å². The van der Waals surface area contributed by atoms with E-state index in [4.69, 9.17) is 19.9 Å². The van der Waals surface area contributed by atoms with Crippen molar-refractivity contribution in [1.29, 1.82) is 5.41 Å². The monoisotopic (exact) mass is 468 g/mol. The molecule has 0 aliphatic carbocycles. The molecule has 1 fully saturated rings. The molecule has 33 heavy (non-hydrogen) atoms. The summed E-state index contributed by atoms with van der Waals surface area (Å²) in [7, 11) is 1.62. The number of nitrogens with one attached hydrogen (secondary N) is 4. The van der Waals surface area contributed by atoms with Crippen molar-refractivity contribution >= 4 is 40.0 Å². The number of hydrogen-bond acceptors (Lipinski definition) is 8. The predicted molar refractivity (Wildman–Crippen MR) is 132 cm³/mol. The van der Waals surface area contributed by atoms with Crippen molar-refractivity contribution in [2.75, 3.05) is 29.7 Å². The van der Waals surface area contributed by atoms with Crippen LogP contribution in [0.25, 0.3) is 0 Å². The molecule has 0 bridgehead atoms. The molecule has 2 aliphatic rings. The van der Waals surface area contributed by atoms with E-state index in [1.165, 1.54) is 11.8 Å². The van der Waals surface area contributed by atoms with Crippen LogP contribution in [-0.2, 0) is 4.79 Å². The number of hydrogen-bond donors (Lipinski definition) is 4. The second-order valence-corrected chi connectivity index (χ2v) is 8.62. The van der Waals surface area contributed by atoms with Crippen LogP contribution in [0, 0.1) is 11.3 Å². The molecule has 1 amide bonds. The summed E-state index contributed by atoms with van der Waals surface area (Å²) >= 11 is 1.30. The summed E-state index contributed by atoms with van der Waals surface area (Å²) in [5, 5.41) is 12.4. The molecule has 0 spiro atoms. The van der Waals surface area contributed by atoms with Crippen molar-refractivity contribution in [3.8, 4) is 11.5 Å². The number of rotatable bonds is 7. The summed E-state index contributed by atoms with van der Waals surface area (Å²) in [5.74, 6) is 1.82. The van der Waals surface area contributed by atoms with Gasteiger partial charge in [-0.25, -0.2) is 10.4 Å². The quantitative estimate of drug-likeness (QED) is 0.494. The van der Waals surface area contributed by atoms with Crippen LogP contribution in [0.3, 0.4) is 0 Å². The molecule has 3 unspecified atom stereocenters. The van der Waals surface area contributed by atoms with Gasteiger partial charge in [-0.2, -0.15) is 0 Å². The summed E-state index contributed by atoms with van der Waals surface area (Å²) in [6.07, 6.45) is -0.251. The first-order valence-electron chi connectivity index (χ1n) is 10.8. The van der Waals surface area contributed by atoms with Gasteiger partial charge in [0.25, 0.3) is 0 Å². The number of anilines is 2. The van der Waals surface area contributed by atoms with Crippen molar-refractivity contribution < 1.29 is 14.3 Å². The highest BCUT2D eigenvalue weighted by atomic mass is 32.2. The molecule has 1 saturated heterocycles. The minimum absolute atomic E-state index is 0.0570. The summed E-state index contributed by atoms with van der Waals surface area (Å²) in [6.45, 7) is 4.54. The second kappa shape index (κ2) is 10.2. The van der Waals surface area contributed by atoms with Crippen molar-refractivity contribution in [1.82, 2.24) is 10.9 Å². The molecule has 2 aliphatic heterocycles. The van der Waals surface area contributed by atoms with Gasteiger partial charge in [-0.15, -0.1) is 0 Å². The number of hydrazine groups is 1. The third-order valence-corrected chi connectivity index (χ3v) is 6.40. The SMILES string of the molecule is CCOc1ccc(NC(=O)CSC2=NC3NNC(C)C3C(=N)N2c2ccc(OC)cc2)cc1. The lowest BCUT2D eigenvalue weighted by atomic mass is 9.97. The molecule has 0 radical (unpaired) electrons. The molecule has 0 saturated carbocycles. The molecule has 2 aromatic carbocycles. The third kappa shape index (κ3) is 5.13. The molecule has 2 aromatic rings. The fourth-order valence-corrected chi connectivity index (χ4v) is 4.66. The summed E-state index contributed by atoms with van der Waals surface area (Å²) in [4.78, 5) is 19.2. The number of methoxy groups -OCH3 is 1. The molecule has 9 nitrogen and oxygen atoms in total. The van der Waals surface area contributed by atoms with Crippen molar-refractivity contribution in [2.24, 2.45) is 10.9 Å². The predicted octanol–water partition coefficient (Wildman–Crippen LogP) is 3.06. The highest BCUT2D eigenvalue weighted by molar-refractivity contribution is 8.14. The third-order valence-electron chi connectivity index (χ3n) is 5.45. The number of aliphatic imine (C=N–C) groups is 1. The maximum absolute atomic E-state index is 12.6. The smallest absolute Gasteiger partial charge is 0.234 e. The average molecular weight is 469 g/mol. The Hall–Kier alpha value is -3.08. The van der Waals surface area contributed by atoms with Gasteiger partial charge in [-0.05, 0) is 62.4 Å². The summed E-state index contributed by atoms with van der Waals surface area (Å²) < 4.78 is 10.7. The minimum atomic E-state index is -0.251. The van der Waals surface area contributed by atoms with E-state index < -0.39 is 0 Å². The zero-order chi connectivity index (χ0) is 23.4. The Kier molecular flexibility index (Phi) is 7.17. The number of ether oxygens (including phenoxy) is 2. The van der Waals surface area contributed by atoms with E-state index >= 15 is 0 Å².